The van der Waals surface area contributed by atoms with Gasteiger partial charge in [-0.1, -0.05) is 5.16 Å². The molecule has 2 aliphatic rings. The van der Waals surface area contributed by atoms with Crippen LogP contribution in [-0.4, -0.2) is 63.9 Å². The molecule has 0 amide bonds. The van der Waals surface area contributed by atoms with Crippen molar-refractivity contribution in [3.05, 3.63) is 11.7 Å². The van der Waals surface area contributed by atoms with Crippen LogP contribution in [0.25, 0.3) is 0 Å². The smallest absolute Gasteiger partial charge is 0.243 e. The molecular formula is C14H24N4O2. The Morgan fingerprint density at radius 3 is 2.55 bits per heavy atom. The van der Waals surface area contributed by atoms with Gasteiger partial charge < -0.3 is 9.63 Å². The van der Waals surface area contributed by atoms with E-state index >= 15 is 0 Å². The molecule has 112 valence electrons. The van der Waals surface area contributed by atoms with Crippen LogP contribution in [0.1, 0.15) is 50.4 Å². The number of hydrogen-bond donors (Lipinski definition) is 1. The molecule has 3 rings (SSSR count). The molecule has 20 heavy (non-hydrogen) atoms. The second kappa shape index (κ2) is 5.79. The number of nitrogens with zero attached hydrogens (tertiary/aromatic N) is 4. The number of aliphatic hydroxyl groups excluding tert-OH is 1. The molecule has 6 heteroatoms. The van der Waals surface area contributed by atoms with E-state index in [0.717, 1.165) is 44.4 Å². The molecule has 0 aromatic carbocycles. The van der Waals surface area contributed by atoms with Crippen molar-refractivity contribution in [3.63, 3.8) is 0 Å². The average Bonchev–Trinajstić information content (AvgIpc) is 3.16. The van der Waals surface area contributed by atoms with Gasteiger partial charge in [-0.15, -0.1) is 0 Å². The van der Waals surface area contributed by atoms with Crippen LogP contribution in [-0.2, 0) is 0 Å². The number of rotatable bonds is 5. The average molecular weight is 280 g/mol. The summed E-state index contributed by atoms with van der Waals surface area (Å²) in [4.78, 5) is 9.22. The van der Waals surface area contributed by atoms with Gasteiger partial charge in [0.05, 0.1) is 12.1 Å². The fourth-order valence-electron chi connectivity index (χ4n) is 2.79. The predicted molar refractivity (Wildman–Crippen MR) is 74.4 cm³/mol. The normalized spacial score (nSPS) is 24.8. The van der Waals surface area contributed by atoms with E-state index in [9.17, 15) is 5.11 Å². The van der Waals surface area contributed by atoms with Gasteiger partial charge in [-0.25, -0.2) is 0 Å². The zero-order valence-corrected chi connectivity index (χ0v) is 12.3. The Morgan fingerprint density at radius 1 is 1.25 bits per heavy atom. The largest absolute Gasteiger partial charge is 0.392 e. The first-order valence-corrected chi connectivity index (χ1v) is 7.61. The summed E-state index contributed by atoms with van der Waals surface area (Å²) in [6, 6.07) is 0.184. The molecule has 2 fully saturated rings. The van der Waals surface area contributed by atoms with Crippen LogP contribution in [0, 0.1) is 0 Å². The van der Waals surface area contributed by atoms with Crippen LogP contribution in [0.5, 0.6) is 0 Å². The lowest BCUT2D eigenvalue weighted by atomic mass is 10.2. The summed E-state index contributed by atoms with van der Waals surface area (Å²) >= 11 is 0. The molecular weight excluding hydrogens is 256 g/mol. The molecule has 1 aromatic rings. The standard InChI is InChI=1S/C14H24N4O2/c1-10(19)9-17-5-7-18(8-6-17)11(2)14-15-13(16-20-14)12-3-4-12/h10-12,19H,3-9H2,1-2H3/t10-,11-/m1/s1. The van der Waals surface area contributed by atoms with Crippen LogP contribution < -0.4 is 0 Å². The third-order valence-electron chi connectivity index (χ3n) is 4.23. The summed E-state index contributed by atoms with van der Waals surface area (Å²) in [7, 11) is 0. The molecule has 2 atom stereocenters. The molecule has 0 unspecified atom stereocenters. The number of aromatic nitrogens is 2. The predicted octanol–water partition coefficient (Wildman–Crippen LogP) is 1.01. The summed E-state index contributed by atoms with van der Waals surface area (Å²) < 4.78 is 5.42. The van der Waals surface area contributed by atoms with Gasteiger partial charge in [0.1, 0.15) is 0 Å². The quantitative estimate of drug-likeness (QED) is 0.868. The van der Waals surface area contributed by atoms with Crippen LogP contribution >= 0.6 is 0 Å². The minimum Gasteiger partial charge on any atom is -0.392 e. The second-order valence-electron chi connectivity index (χ2n) is 6.13. The fraction of sp³-hybridized carbons (Fsp3) is 0.857. The molecule has 0 bridgehead atoms. The molecule has 0 radical (unpaired) electrons. The Hall–Kier alpha value is -0.980. The van der Waals surface area contributed by atoms with Crippen molar-refractivity contribution >= 4 is 0 Å². The molecule has 1 aliphatic carbocycles. The lowest BCUT2D eigenvalue weighted by Gasteiger charge is -2.37. The maximum Gasteiger partial charge on any atom is 0.243 e. The first kappa shape index (κ1) is 14.0. The highest BCUT2D eigenvalue weighted by molar-refractivity contribution is 5.04. The molecule has 1 aromatic heterocycles. The SMILES string of the molecule is C[C@H](c1nc(C2CC2)no1)N1CCN(C[C@@H](C)O)CC1. The van der Waals surface area contributed by atoms with Crippen molar-refractivity contribution in [2.45, 2.75) is 44.8 Å². The molecule has 1 aliphatic heterocycles. The Balaban J connectivity index is 1.53. The highest BCUT2D eigenvalue weighted by atomic mass is 16.5. The first-order chi connectivity index (χ1) is 9.63. The van der Waals surface area contributed by atoms with Gasteiger partial charge in [-0.05, 0) is 26.7 Å². The van der Waals surface area contributed by atoms with E-state index in [-0.39, 0.29) is 12.1 Å². The minimum absolute atomic E-state index is 0.184. The van der Waals surface area contributed by atoms with E-state index in [2.05, 4.69) is 26.9 Å². The van der Waals surface area contributed by atoms with E-state index < -0.39 is 0 Å². The van der Waals surface area contributed by atoms with E-state index in [1.807, 2.05) is 6.92 Å². The monoisotopic (exact) mass is 280 g/mol. The summed E-state index contributed by atoms with van der Waals surface area (Å²) in [6.07, 6.45) is 2.15. The molecule has 1 saturated heterocycles. The topological polar surface area (TPSA) is 65.6 Å². The van der Waals surface area contributed by atoms with Crippen LogP contribution in [0.3, 0.4) is 0 Å². The van der Waals surface area contributed by atoms with Crippen molar-refractivity contribution in [2.75, 3.05) is 32.7 Å². The second-order valence-corrected chi connectivity index (χ2v) is 6.13. The van der Waals surface area contributed by atoms with E-state index in [1.165, 1.54) is 12.8 Å². The highest BCUT2D eigenvalue weighted by Gasteiger charge is 2.31. The van der Waals surface area contributed by atoms with Crippen LogP contribution in [0.4, 0.5) is 0 Å². The number of aliphatic hydroxyl groups is 1. The maximum atomic E-state index is 9.43. The van der Waals surface area contributed by atoms with Gasteiger partial charge in [-0.2, -0.15) is 4.98 Å². The Labute approximate surface area is 119 Å². The summed E-state index contributed by atoms with van der Waals surface area (Å²) in [5, 5.41) is 13.5. The van der Waals surface area contributed by atoms with E-state index in [1.54, 1.807) is 0 Å². The molecule has 1 N–H and O–H groups in total. The lowest BCUT2D eigenvalue weighted by Crippen LogP contribution is -2.48. The van der Waals surface area contributed by atoms with Crippen molar-refractivity contribution < 1.29 is 9.63 Å². The first-order valence-electron chi connectivity index (χ1n) is 7.61. The molecule has 2 heterocycles. The molecule has 0 spiro atoms. The number of piperazine rings is 1. The summed E-state index contributed by atoms with van der Waals surface area (Å²) in [6.45, 7) is 8.66. The summed E-state index contributed by atoms with van der Waals surface area (Å²) in [5.74, 6) is 2.18. The van der Waals surface area contributed by atoms with E-state index in [4.69, 9.17) is 4.52 Å². The van der Waals surface area contributed by atoms with E-state index in [0.29, 0.717) is 5.92 Å². The van der Waals surface area contributed by atoms with Gasteiger partial charge in [0.2, 0.25) is 5.89 Å². The number of hydrogen-bond acceptors (Lipinski definition) is 6. The fourth-order valence-corrected chi connectivity index (χ4v) is 2.79. The van der Waals surface area contributed by atoms with Crippen molar-refractivity contribution in [2.24, 2.45) is 0 Å². The zero-order valence-electron chi connectivity index (χ0n) is 12.3. The van der Waals surface area contributed by atoms with Crippen LogP contribution in [0.15, 0.2) is 4.52 Å². The van der Waals surface area contributed by atoms with Crippen LogP contribution in [0.2, 0.25) is 0 Å². The third kappa shape index (κ3) is 3.19. The summed E-state index contributed by atoms with van der Waals surface area (Å²) in [5.41, 5.74) is 0. The van der Waals surface area contributed by atoms with Gasteiger partial charge in [0.25, 0.3) is 0 Å². The Kier molecular flexibility index (Phi) is 4.05. The van der Waals surface area contributed by atoms with Crippen molar-refractivity contribution in [1.29, 1.82) is 0 Å². The zero-order chi connectivity index (χ0) is 14.1. The van der Waals surface area contributed by atoms with Crippen molar-refractivity contribution in [3.8, 4) is 0 Å². The molecule has 6 nitrogen and oxygen atoms in total. The third-order valence-corrected chi connectivity index (χ3v) is 4.23. The van der Waals surface area contributed by atoms with Gasteiger partial charge in [0, 0.05) is 38.6 Å². The lowest BCUT2D eigenvalue weighted by molar-refractivity contribution is 0.0582. The van der Waals surface area contributed by atoms with Crippen molar-refractivity contribution in [1.82, 2.24) is 19.9 Å². The maximum absolute atomic E-state index is 9.43. The Morgan fingerprint density at radius 2 is 1.95 bits per heavy atom. The Bertz CT molecular complexity index is 436. The van der Waals surface area contributed by atoms with Gasteiger partial charge >= 0.3 is 0 Å². The highest BCUT2D eigenvalue weighted by Crippen LogP contribution is 2.38. The van der Waals surface area contributed by atoms with Gasteiger partial charge in [0.15, 0.2) is 5.82 Å². The molecule has 1 saturated carbocycles. The number of β-amino-alcohol motifs (C(OH)–C–C–N with tert-alkyl or cyclic N) is 1. The van der Waals surface area contributed by atoms with Gasteiger partial charge in [-0.3, -0.25) is 9.80 Å². The minimum atomic E-state index is -0.254.